The molecule has 1 aromatic carbocycles. The number of Topliss-reactive ketones (excluding diaryl/α,β-unsaturated/α-hetero) is 1. The number of hydrogen-bond donors (Lipinski definition) is 1. The van der Waals surface area contributed by atoms with Gasteiger partial charge in [-0.05, 0) is 6.42 Å². The lowest BCUT2D eigenvalue weighted by Crippen LogP contribution is -2.29. The maximum Gasteiger partial charge on any atom is 0.221 e. The van der Waals surface area contributed by atoms with Gasteiger partial charge in [-0.3, -0.25) is 9.59 Å². The lowest BCUT2D eigenvalue weighted by molar-refractivity contribution is -0.120. The molecule has 1 rings (SSSR count). The molecule has 0 aliphatic heterocycles. The van der Waals surface area contributed by atoms with Crippen molar-refractivity contribution >= 4 is 27.6 Å². The number of carbonyl (C=O) groups is 2. The minimum Gasteiger partial charge on any atom is -0.356 e. The minimum absolute atomic E-state index is 0.0544. The van der Waals surface area contributed by atoms with Gasteiger partial charge in [0, 0.05) is 18.5 Å². The van der Waals surface area contributed by atoms with Crippen molar-refractivity contribution in [1.29, 1.82) is 0 Å². The molecule has 0 heterocycles. The van der Waals surface area contributed by atoms with Crippen LogP contribution in [0.2, 0.25) is 0 Å². The maximum absolute atomic E-state index is 12.0. The lowest BCUT2D eigenvalue weighted by atomic mass is 10.1. The topological polar surface area (TPSA) is 46.2 Å². The molecular formula is C14H18BrNO2. The smallest absolute Gasteiger partial charge is 0.221 e. The van der Waals surface area contributed by atoms with E-state index >= 15 is 0 Å². The number of nitrogens with one attached hydrogen (secondary N) is 1. The Labute approximate surface area is 116 Å². The first-order valence-corrected chi connectivity index (χ1v) is 7.06. The monoisotopic (exact) mass is 311 g/mol. The van der Waals surface area contributed by atoms with Crippen LogP contribution in [0.15, 0.2) is 30.3 Å². The van der Waals surface area contributed by atoms with Crippen LogP contribution < -0.4 is 5.32 Å². The summed E-state index contributed by atoms with van der Waals surface area (Å²) in [6.07, 6.45) is 2.18. The zero-order valence-corrected chi connectivity index (χ0v) is 12.1. The Hall–Kier alpha value is -1.16. The highest BCUT2D eigenvalue weighted by Gasteiger charge is 2.19. The van der Waals surface area contributed by atoms with E-state index in [1.54, 1.807) is 12.1 Å². The largest absolute Gasteiger partial charge is 0.356 e. The van der Waals surface area contributed by atoms with E-state index in [1.807, 2.05) is 18.2 Å². The van der Waals surface area contributed by atoms with E-state index in [9.17, 15) is 9.59 Å². The molecule has 0 spiro atoms. The highest BCUT2D eigenvalue weighted by atomic mass is 79.9. The second-order valence-corrected chi connectivity index (χ2v) is 5.21. The van der Waals surface area contributed by atoms with Crippen LogP contribution in [0.3, 0.4) is 0 Å². The highest BCUT2D eigenvalue weighted by Crippen LogP contribution is 2.13. The average Bonchev–Trinajstić information content (AvgIpc) is 2.39. The van der Waals surface area contributed by atoms with Crippen LogP contribution in [0.1, 0.15) is 36.5 Å². The molecule has 1 atom stereocenters. The molecule has 3 nitrogen and oxygen atoms in total. The summed E-state index contributed by atoms with van der Waals surface area (Å²) in [6.45, 7) is 2.74. The first kappa shape index (κ1) is 14.9. The van der Waals surface area contributed by atoms with Crippen LogP contribution in [0, 0.1) is 0 Å². The molecule has 0 aliphatic rings. The van der Waals surface area contributed by atoms with E-state index < -0.39 is 4.83 Å². The summed E-state index contributed by atoms with van der Waals surface area (Å²) in [5.41, 5.74) is 0.626. The van der Waals surface area contributed by atoms with Crippen LogP contribution in [-0.2, 0) is 4.79 Å². The van der Waals surface area contributed by atoms with Crippen LogP contribution in [0.5, 0.6) is 0 Å². The summed E-state index contributed by atoms with van der Waals surface area (Å²) in [6, 6.07) is 9.00. The van der Waals surface area contributed by atoms with Crippen molar-refractivity contribution < 1.29 is 9.59 Å². The molecule has 1 unspecified atom stereocenters. The molecule has 0 saturated heterocycles. The van der Waals surface area contributed by atoms with Gasteiger partial charge < -0.3 is 5.32 Å². The zero-order chi connectivity index (χ0) is 13.4. The van der Waals surface area contributed by atoms with Crippen LogP contribution in [0.4, 0.5) is 0 Å². The predicted octanol–water partition coefficient (Wildman–Crippen LogP) is 2.94. The summed E-state index contributed by atoms with van der Waals surface area (Å²) >= 11 is 3.28. The third-order valence-corrected chi connectivity index (χ3v) is 3.30. The molecule has 1 N–H and O–H groups in total. The summed E-state index contributed by atoms with van der Waals surface area (Å²) in [4.78, 5) is 23.1. The van der Waals surface area contributed by atoms with Crippen LogP contribution >= 0.6 is 15.9 Å². The molecule has 0 aromatic heterocycles. The molecule has 0 bridgehead atoms. The molecule has 4 heteroatoms. The second kappa shape index (κ2) is 8.03. The van der Waals surface area contributed by atoms with Gasteiger partial charge in [0.2, 0.25) is 5.91 Å². The second-order valence-electron chi connectivity index (χ2n) is 4.11. The summed E-state index contributed by atoms with van der Waals surface area (Å²) < 4.78 is 0. The van der Waals surface area contributed by atoms with Gasteiger partial charge in [-0.1, -0.05) is 59.6 Å². The number of rotatable bonds is 7. The Balaban J connectivity index is 2.43. The van der Waals surface area contributed by atoms with E-state index in [-0.39, 0.29) is 18.1 Å². The van der Waals surface area contributed by atoms with Crippen LogP contribution in [0.25, 0.3) is 0 Å². The molecule has 98 valence electrons. The summed E-state index contributed by atoms with van der Waals surface area (Å²) in [7, 11) is 0. The summed E-state index contributed by atoms with van der Waals surface area (Å²) in [5, 5.41) is 2.80. The molecule has 0 fully saturated rings. The predicted molar refractivity (Wildman–Crippen MR) is 76.0 cm³/mol. The minimum atomic E-state index is -0.457. The van der Waals surface area contributed by atoms with Crippen molar-refractivity contribution in [2.24, 2.45) is 0 Å². The first-order chi connectivity index (χ1) is 8.65. The molecule has 0 saturated carbocycles. The van der Waals surface area contributed by atoms with Gasteiger partial charge in [0.05, 0.1) is 4.83 Å². The number of alkyl halides is 1. The van der Waals surface area contributed by atoms with Gasteiger partial charge in [-0.25, -0.2) is 0 Å². The number of unbranched alkanes of at least 4 members (excludes halogenated alkanes) is 1. The number of benzene rings is 1. The SMILES string of the molecule is CCCCNC(=O)CC(Br)C(=O)c1ccccc1. The standard InChI is InChI=1S/C14H18BrNO2/c1-2-3-9-16-13(17)10-12(15)14(18)11-7-5-4-6-8-11/h4-8,12H,2-3,9-10H2,1H3,(H,16,17). The van der Waals surface area contributed by atoms with E-state index in [2.05, 4.69) is 28.2 Å². The third-order valence-electron chi connectivity index (χ3n) is 2.56. The lowest BCUT2D eigenvalue weighted by Gasteiger charge is -2.09. The van der Waals surface area contributed by atoms with Gasteiger partial charge in [0.1, 0.15) is 0 Å². The number of hydrogen-bond acceptors (Lipinski definition) is 2. The molecule has 1 amide bonds. The maximum atomic E-state index is 12.0. The fraction of sp³-hybridized carbons (Fsp3) is 0.429. The number of amides is 1. The fourth-order valence-corrected chi connectivity index (χ4v) is 2.07. The van der Waals surface area contributed by atoms with Crippen molar-refractivity contribution in [3.8, 4) is 0 Å². The summed E-state index contributed by atoms with van der Waals surface area (Å²) in [5.74, 6) is -0.143. The molecule has 18 heavy (non-hydrogen) atoms. The van der Waals surface area contributed by atoms with Crippen molar-refractivity contribution in [2.45, 2.75) is 31.0 Å². The number of halogens is 1. The van der Waals surface area contributed by atoms with Gasteiger partial charge >= 0.3 is 0 Å². The average molecular weight is 312 g/mol. The zero-order valence-electron chi connectivity index (χ0n) is 10.5. The third kappa shape index (κ3) is 5.00. The Bertz CT molecular complexity index is 392. The van der Waals surface area contributed by atoms with E-state index in [4.69, 9.17) is 0 Å². The van der Waals surface area contributed by atoms with E-state index in [1.165, 1.54) is 0 Å². The van der Waals surface area contributed by atoms with Gasteiger partial charge in [0.15, 0.2) is 5.78 Å². The van der Waals surface area contributed by atoms with E-state index in [0.717, 1.165) is 12.8 Å². The Morgan fingerprint density at radius 1 is 1.28 bits per heavy atom. The van der Waals surface area contributed by atoms with Gasteiger partial charge in [-0.15, -0.1) is 0 Å². The normalized spacial score (nSPS) is 11.9. The number of carbonyl (C=O) groups excluding carboxylic acids is 2. The molecule has 0 aliphatic carbocycles. The Morgan fingerprint density at radius 2 is 1.94 bits per heavy atom. The molecule has 0 radical (unpaired) electrons. The molecule has 1 aromatic rings. The fourth-order valence-electron chi connectivity index (χ4n) is 1.52. The van der Waals surface area contributed by atoms with Crippen molar-refractivity contribution in [3.05, 3.63) is 35.9 Å². The van der Waals surface area contributed by atoms with Gasteiger partial charge in [0.25, 0.3) is 0 Å². The van der Waals surface area contributed by atoms with Crippen molar-refractivity contribution in [3.63, 3.8) is 0 Å². The Morgan fingerprint density at radius 3 is 2.56 bits per heavy atom. The van der Waals surface area contributed by atoms with Crippen molar-refractivity contribution in [1.82, 2.24) is 5.32 Å². The van der Waals surface area contributed by atoms with Gasteiger partial charge in [-0.2, -0.15) is 0 Å². The quantitative estimate of drug-likeness (QED) is 0.478. The van der Waals surface area contributed by atoms with Crippen molar-refractivity contribution in [2.75, 3.05) is 6.54 Å². The van der Waals surface area contributed by atoms with Crippen LogP contribution in [-0.4, -0.2) is 23.1 Å². The molecular weight excluding hydrogens is 294 g/mol. The number of ketones is 1. The van der Waals surface area contributed by atoms with E-state index in [0.29, 0.717) is 12.1 Å². The highest BCUT2D eigenvalue weighted by molar-refractivity contribution is 9.10. The first-order valence-electron chi connectivity index (χ1n) is 6.15. The Kier molecular flexibility index (Phi) is 6.65.